The van der Waals surface area contributed by atoms with E-state index in [2.05, 4.69) is 15.5 Å². The number of nitrogens with zero attached hydrogens (tertiary/aromatic N) is 3. The third-order valence-electron chi connectivity index (χ3n) is 4.79. The van der Waals surface area contributed by atoms with Crippen LogP contribution in [0.25, 0.3) is 0 Å². The van der Waals surface area contributed by atoms with E-state index in [1.807, 2.05) is 38.1 Å². The zero-order chi connectivity index (χ0) is 20.3. The van der Waals surface area contributed by atoms with E-state index < -0.39 is 10.0 Å². The van der Waals surface area contributed by atoms with Gasteiger partial charge in [0, 0.05) is 31.1 Å². The molecule has 28 heavy (non-hydrogen) atoms. The van der Waals surface area contributed by atoms with Gasteiger partial charge in [-0.1, -0.05) is 31.1 Å². The molecule has 1 aliphatic heterocycles. The fourth-order valence-corrected chi connectivity index (χ4v) is 4.08. The van der Waals surface area contributed by atoms with Crippen LogP contribution in [0, 0.1) is 5.92 Å². The summed E-state index contributed by atoms with van der Waals surface area (Å²) >= 11 is 0. The molecule has 1 atom stereocenters. The van der Waals surface area contributed by atoms with E-state index in [1.165, 1.54) is 10.6 Å². The van der Waals surface area contributed by atoms with Gasteiger partial charge in [-0.3, -0.25) is 4.79 Å². The smallest absolute Gasteiger partial charge is 0.229 e. The molecule has 0 aliphatic carbocycles. The van der Waals surface area contributed by atoms with Crippen molar-refractivity contribution in [1.29, 1.82) is 0 Å². The Labute approximate surface area is 165 Å². The summed E-state index contributed by atoms with van der Waals surface area (Å²) in [5.41, 5.74) is 1.69. The third kappa shape index (κ3) is 5.17. The Morgan fingerprint density at radius 2 is 2.04 bits per heavy atom. The molecule has 2 heterocycles. The van der Waals surface area contributed by atoms with Crippen molar-refractivity contribution >= 4 is 21.6 Å². The molecule has 0 saturated carbocycles. The molecular formula is C19H26N4O4S. The number of hydrogen-bond acceptors (Lipinski definition) is 6. The highest BCUT2D eigenvalue weighted by atomic mass is 32.2. The Balaban J connectivity index is 1.58. The number of amides is 1. The summed E-state index contributed by atoms with van der Waals surface area (Å²) < 4.78 is 30.0. The van der Waals surface area contributed by atoms with E-state index >= 15 is 0 Å². The van der Waals surface area contributed by atoms with Crippen molar-refractivity contribution < 1.29 is 17.7 Å². The van der Waals surface area contributed by atoms with Crippen molar-refractivity contribution in [2.75, 3.05) is 24.7 Å². The first-order chi connectivity index (χ1) is 13.2. The normalized spacial score (nSPS) is 18.4. The lowest BCUT2D eigenvalue weighted by Gasteiger charge is -2.30. The van der Waals surface area contributed by atoms with Gasteiger partial charge in [0.05, 0.1) is 12.2 Å². The molecule has 152 valence electrons. The maximum absolute atomic E-state index is 12.5. The molecule has 9 heteroatoms. The van der Waals surface area contributed by atoms with Gasteiger partial charge >= 0.3 is 0 Å². The molecule has 1 aromatic carbocycles. The Bertz CT molecular complexity index is 922. The molecule has 1 N–H and O–H groups in total. The van der Waals surface area contributed by atoms with Crippen LogP contribution >= 0.6 is 0 Å². The van der Waals surface area contributed by atoms with Crippen LogP contribution in [0.3, 0.4) is 0 Å². The van der Waals surface area contributed by atoms with E-state index in [4.69, 9.17) is 4.52 Å². The number of benzene rings is 1. The molecule has 0 bridgehead atoms. The molecule has 1 fully saturated rings. The van der Waals surface area contributed by atoms with Gasteiger partial charge in [0.25, 0.3) is 0 Å². The van der Waals surface area contributed by atoms with Gasteiger partial charge < -0.3 is 9.84 Å². The fraction of sp³-hybridized carbons (Fsp3) is 0.526. The van der Waals surface area contributed by atoms with Crippen molar-refractivity contribution in [1.82, 2.24) is 14.4 Å². The van der Waals surface area contributed by atoms with Crippen molar-refractivity contribution in [3.8, 4) is 0 Å². The summed E-state index contributed by atoms with van der Waals surface area (Å²) in [4.78, 5) is 16.9. The SMILES string of the molecule is CC(C)c1nc(Cc2ccc(NC(=O)[C@H]3CCCN(S(C)(=O)=O)C3)cc2)no1. The number of hydrogen-bond donors (Lipinski definition) is 1. The number of piperidine rings is 1. The first-order valence-electron chi connectivity index (χ1n) is 9.40. The number of anilines is 1. The molecule has 1 amide bonds. The third-order valence-corrected chi connectivity index (χ3v) is 6.06. The Morgan fingerprint density at radius 3 is 2.64 bits per heavy atom. The van der Waals surface area contributed by atoms with Gasteiger partial charge in [0.2, 0.25) is 21.8 Å². The Kier molecular flexibility index (Phi) is 6.14. The molecule has 1 aliphatic rings. The number of aromatic nitrogens is 2. The minimum absolute atomic E-state index is 0.152. The second-order valence-electron chi connectivity index (χ2n) is 7.53. The Hall–Kier alpha value is -2.26. The van der Waals surface area contributed by atoms with Crippen LogP contribution in [0.1, 0.15) is 49.9 Å². The minimum Gasteiger partial charge on any atom is -0.339 e. The first-order valence-corrected chi connectivity index (χ1v) is 11.2. The van der Waals surface area contributed by atoms with E-state index in [0.717, 1.165) is 5.56 Å². The Morgan fingerprint density at radius 1 is 1.32 bits per heavy atom. The molecule has 0 radical (unpaired) electrons. The number of sulfonamides is 1. The van der Waals surface area contributed by atoms with Crippen molar-refractivity contribution in [3.63, 3.8) is 0 Å². The number of carbonyl (C=O) groups excluding carboxylic acids is 1. The summed E-state index contributed by atoms with van der Waals surface area (Å²) in [5.74, 6) is 0.952. The second-order valence-corrected chi connectivity index (χ2v) is 9.51. The molecule has 1 aromatic heterocycles. The fourth-order valence-electron chi connectivity index (χ4n) is 3.16. The van der Waals surface area contributed by atoms with E-state index in [-0.39, 0.29) is 24.3 Å². The van der Waals surface area contributed by atoms with Gasteiger partial charge in [-0.15, -0.1) is 0 Å². The zero-order valence-electron chi connectivity index (χ0n) is 16.4. The van der Waals surface area contributed by atoms with Crippen LogP contribution < -0.4 is 5.32 Å². The number of carbonyl (C=O) groups is 1. The zero-order valence-corrected chi connectivity index (χ0v) is 17.2. The number of rotatable bonds is 6. The summed E-state index contributed by atoms with van der Waals surface area (Å²) in [6.45, 7) is 4.71. The second kappa shape index (κ2) is 8.40. The molecule has 2 aromatic rings. The van der Waals surface area contributed by atoms with Crippen LogP contribution in [0.2, 0.25) is 0 Å². The van der Waals surface area contributed by atoms with Crippen LogP contribution in [0.4, 0.5) is 5.69 Å². The topological polar surface area (TPSA) is 105 Å². The molecule has 3 rings (SSSR count). The van der Waals surface area contributed by atoms with E-state index in [1.54, 1.807) is 0 Å². The average Bonchev–Trinajstić information content (AvgIpc) is 3.11. The first kappa shape index (κ1) is 20.5. The van der Waals surface area contributed by atoms with Crippen LogP contribution in [0.5, 0.6) is 0 Å². The van der Waals surface area contributed by atoms with Gasteiger partial charge in [-0.2, -0.15) is 4.98 Å². The van der Waals surface area contributed by atoms with Crippen molar-refractivity contribution in [3.05, 3.63) is 41.5 Å². The standard InChI is InChI=1S/C19H26N4O4S/c1-13(2)19-21-17(22-27-19)11-14-6-8-16(9-7-14)20-18(24)15-5-4-10-23(12-15)28(3,25)26/h6-9,13,15H,4-5,10-12H2,1-3H3,(H,20,24)/t15-/m0/s1. The highest BCUT2D eigenvalue weighted by molar-refractivity contribution is 7.88. The summed E-state index contributed by atoms with van der Waals surface area (Å²) in [5, 5.41) is 6.87. The molecule has 8 nitrogen and oxygen atoms in total. The summed E-state index contributed by atoms with van der Waals surface area (Å²) in [7, 11) is -3.27. The predicted octanol–water partition coefficient (Wildman–Crippen LogP) is 2.39. The highest BCUT2D eigenvalue weighted by Crippen LogP contribution is 2.21. The monoisotopic (exact) mass is 406 g/mol. The lowest BCUT2D eigenvalue weighted by atomic mass is 9.98. The average molecular weight is 407 g/mol. The molecule has 1 saturated heterocycles. The van der Waals surface area contributed by atoms with Gasteiger partial charge in [-0.25, -0.2) is 12.7 Å². The van der Waals surface area contributed by atoms with Crippen LogP contribution in [-0.4, -0.2) is 48.1 Å². The molecule has 0 spiro atoms. The molecular weight excluding hydrogens is 380 g/mol. The van der Waals surface area contributed by atoms with Gasteiger partial charge in [-0.05, 0) is 30.5 Å². The van der Waals surface area contributed by atoms with Gasteiger partial charge in [0.15, 0.2) is 5.82 Å². The molecule has 0 unspecified atom stereocenters. The number of nitrogens with one attached hydrogen (secondary N) is 1. The quantitative estimate of drug-likeness (QED) is 0.790. The lowest BCUT2D eigenvalue weighted by Crippen LogP contribution is -2.43. The maximum Gasteiger partial charge on any atom is 0.229 e. The highest BCUT2D eigenvalue weighted by Gasteiger charge is 2.30. The lowest BCUT2D eigenvalue weighted by molar-refractivity contribution is -0.120. The van der Waals surface area contributed by atoms with Crippen LogP contribution in [-0.2, 0) is 21.2 Å². The van der Waals surface area contributed by atoms with Crippen molar-refractivity contribution in [2.45, 2.75) is 39.0 Å². The summed E-state index contributed by atoms with van der Waals surface area (Å²) in [6, 6.07) is 7.47. The minimum atomic E-state index is -3.27. The predicted molar refractivity (Wildman–Crippen MR) is 105 cm³/mol. The van der Waals surface area contributed by atoms with E-state index in [9.17, 15) is 13.2 Å². The largest absolute Gasteiger partial charge is 0.339 e. The van der Waals surface area contributed by atoms with Gasteiger partial charge in [0.1, 0.15) is 0 Å². The van der Waals surface area contributed by atoms with Crippen LogP contribution in [0.15, 0.2) is 28.8 Å². The maximum atomic E-state index is 12.5. The van der Waals surface area contributed by atoms with E-state index in [0.29, 0.717) is 43.2 Å². The van der Waals surface area contributed by atoms with Crippen molar-refractivity contribution in [2.24, 2.45) is 5.92 Å². The summed E-state index contributed by atoms with van der Waals surface area (Å²) in [6.07, 6.45) is 3.11.